The molecule has 1 aromatic carbocycles. The van der Waals surface area contributed by atoms with Gasteiger partial charge in [-0.25, -0.2) is 13.2 Å². The molecule has 1 rings (SSSR count). The maximum Gasteiger partial charge on any atom is 0.338 e. The van der Waals surface area contributed by atoms with Crippen LogP contribution in [0.1, 0.15) is 31.1 Å². The van der Waals surface area contributed by atoms with Gasteiger partial charge < -0.3 is 10.1 Å². The summed E-state index contributed by atoms with van der Waals surface area (Å²) in [7, 11) is -3.31. The fourth-order valence-electron chi connectivity index (χ4n) is 1.51. The monoisotopic (exact) mass is 313 g/mol. The molecule has 1 aromatic rings. The number of rotatable bonds is 4. The molecule has 1 N–H and O–H groups in total. The zero-order chi connectivity index (χ0) is 16.3. The fourth-order valence-corrected chi connectivity index (χ4v) is 2.14. The lowest BCUT2D eigenvalue weighted by atomic mass is 10.1. The summed E-state index contributed by atoms with van der Waals surface area (Å²) in [6.07, 6.45) is 1.08. The minimum absolute atomic E-state index is 0.115. The van der Waals surface area contributed by atoms with Crippen LogP contribution in [0, 0.1) is 0 Å². The Balaban J connectivity index is 2.63. The highest BCUT2D eigenvalue weighted by Crippen LogP contribution is 2.11. The smallest absolute Gasteiger partial charge is 0.338 e. The van der Waals surface area contributed by atoms with Gasteiger partial charge in [0, 0.05) is 11.8 Å². The van der Waals surface area contributed by atoms with Gasteiger partial charge >= 0.3 is 5.97 Å². The van der Waals surface area contributed by atoms with Crippen LogP contribution in [0.3, 0.4) is 0 Å². The van der Waals surface area contributed by atoms with Crippen LogP contribution < -0.4 is 5.32 Å². The third kappa shape index (κ3) is 5.95. The highest BCUT2D eigenvalue weighted by atomic mass is 32.2. The molecule has 0 radical (unpaired) electrons. The number of ether oxygens (including phenoxy) is 1. The molecule has 0 fully saturated rings. The summed E-state index contributed by atoms with van der Waals surface area (Å²) in [5.74, 6) is -1.08. The van der Waals surface area contributed by atoms with Crippen LogP contribution in [0.25, 0.3) is 0 Å². The Morgan fingerprint density at radius 1 is 1.14 bits per heavy atom. The second-order valence-electron chi connectivity index (χ2n) is 5.67. The van der Waals surface area contributed by atoms with Crippen molar-refractivity contribution in [3.63, 3.8) is 0 Å². The quantitative estimate of drug-likeness (QED) is 0.843. The SMILES string of the molecule is CC(C)(C)NC(=O)COC(=O)c1ccc(S(C)(=O)=O)cc1. The maximum atomic E-state index is 11.7. The second kappa shape index (κ2) is 6.26. The van der Waals surface area contributed by atoms with Crippen molar-refractivity contribution in [3.05, 3.63) is 29.8 Å². The zero-order valence-electron chi connectivity index (χ0n) is 12.5. The molecule has 21 heavy (non-hydrogen) atoms. The lowest BCUT2D eigenvalue weighted by Gasteiger charge is -2.20. The van der Waals surface area contributed by atoms with E-state index in [2.05, 4.69) is 5.32 Å². The lowest BCUT2D eigenvalue weighted by molar-refractivity contribution is -0.125. The largest absolute Gasteiger partial charge is 0.452 e. The van der Waals surface area contributed by atoms with Crippen molar-refractivity contribution in [1.82, 2.24) is 5.32 Å². The molecule has 1 amide bonds. The summed E-state index contributed by atoms with van der Waals surface area (Å²) in [5, 5.41) is 2.66. The van der Waals surface area contributed by atoms with E-state index in [0.717, 1.165) is 6.26 Å². The average molecular weight is 313 g/mol. The van der Waals surface area contributed by atoms with Gasteiger partial charge in [0.2, 0.25) is 0 Å². The number of esters is 1. The predicted octanol–water partition coefficient (Wildman–Crippen LogP) is 1.16. The Morgan fingerprint density at radius 2 is 1.67 bits per heavy atom. The molecule has 0 aromatic heterocycles. The minimum atomic E-state index is -3.31. The van der Waals surface area contributed by atoms with Crippen molar-refractivity contribution < 1.29 is 22.7 Å². The van der Waals surface area contributed by atoms with E-state index >= 15 is 0 Å². The fraction of sp³-hybridized carbons (Fsp3) is 0.429. The number of carbonyl (C=O) groups is 2. The summed E-state index contributed by atoms with van der Waals surface area (Å²) in [6, 6.07) is 5.34. The normalized spacial score (nSPS) is 11.8. The molecule has 0 aliphatic rings. The third-order valence-electron chi connectivity index (χ3n) is 2.37. The van der Waals surface area contributed by atoms with E-state index in [-0.39, 0.29) is 17.1 Å². The van der Waals surface area contributed by atoms with Gasteiger partial charge in [-0.3, -0.25) is 4.79 Å². The van der Waals surface area contributed by atoms with Gasteiger partial charge in [0.1, 0.15) is 0 Å². The van der Waals surface area contributed by atoms with E-state index in [4.69, 9.17) is 4.74 Å². The predicted molar refractivity (Wildman–Crippen MR) is 77.7 cm³/mol. The first-order chi connectivity index (χ1) is 9.49. The van der Waals surface area contributed by atoms with Gasteiger partial charge in [-0.1, -0.05) is 0 Å². The average Bonchev–Trinajstić information content (AvgIpc) is 2.33. The Labute approximate surface area is 124 Å². The van der Waals surface area contributed by atoms with Crippen LogP contribution in [-0.2, 0) is 19.4 Å². The molecule has 0 aliphatic carbocycles. The molecule has 0 spiro atoms. The summed E-state index contributed by atoms with van der Waals surface area (Å²) in [4.78, 5) is 23.4. The summed E-state index contributed by atoms with van der Waals surface area (Å²) >= 11 is 0. The minimum Gasteiger partial charge on any atom is -0.452 e. The number of benzene rings is 1. The van der Waals surface area contributed by atoms with Crippen LogP contribution in [0.15, 0.2) is 29.2 Å². The number of sulfone groups is 1. The summed E-state index contributed by atoms with van der Waals surface area (Å²) < 4.78 is 27.4. The molecule has 6 nitrogen and oxygen atoms in total. The Bertz CT molecular complexity index is 626. The first-order valence-corrected chi connectivity index (χ1v) is 8.16. The first-order valence-electron chi connectivity index (χ1n) is 6.27. The van der Waals surface area contributed by atoms with Crippen molar-refractivity contribution in [2.75, 3.05) is 12.9 Å². The summed E-state index contributed by atoms with van der Waals surface area (Å²) in [5.41, 5.74) is -0.216. The van der Waals surface area contributed by atoms with E-state index in [9.17, 15) is 18.0 Å². The van der Waals surface area contributed by atoms with Crippen LogP contribution in [-0.4, -0.2) is 38.7 Å². The molecule has 116 valence electrons. The number of nitrogens with one attached hydrogen (secondary N) is 1. The second-order valence-corrected chi connectivity index (χ2v) is 7.69. The van der Waals surface area contributed by atoms with Crippen molar-refractivity contribution >= 4 is 21.7 Å². The van der Waals surface area contributed by atoms with E-state index in [0.29, 0.717) is 0 Å². The molecule has 0 atom stereocenters. The van der Waals surface area contributed by atoms with Gasteiger partial charge in [-0.05, 0) is 45.0 Å². The van der Waals surface area contributed by atoms with Crippen molar-refractivity contribution in [2.45, 2.75) is 31.2 Å². The van der Waals surface area contributed by atoms with E-state index < -0.39 is 27.3 Å². The Morgan fingerprint density at radius 3 is 2.10 bits per heavy atom. The van der Waals surface area contributed by atoms with E-state index in [1.165, 1.54) is 24.3 Å². The van der Waals surface area contributed by atoms with Crippen LogP contribution in [0.5, 0.6) is 0 Å². The topological polar surface area (TPSA) is 89.5 Å². The lowest BCUT2D eigenvalue weighted by Crippen LogP contribution is -2.42. The van der Waals surface area contributed by atoms with Crippen molar-refractivity contribution in [2.24, 2.45) is 0 Å². The number of carbonyl (C=O) groups excluding carboxylic acids is 2. The van der Waals surface area contributed by atoms with Gasteiger partial charge in [0.05, 0.1) is 10.5 Å². The van der Waals surface area contributed by atoms with Crippen LogP contribution >= 0.6 is 0 Å². The number of hydrogen-bond donors (Lipinski definition) is 1. The molecule has 0 saturated carbocycles. The third-order valence-corrected chi connectivity index (χ3v) is 3.50. The molecular formula is C14H19NO5S. The van der Waals surface area contributed by atoms with Gasteiger partial charge in [-0.2, -0.15) is 0 Å². The molecular weight excluding hydrogens is 294 g/mol. The van der Waals surface area contributed by atoms with Crippen LogP contribution in [0.2, 0.25) is 0 Å². The highest BCUT2D eigenvalue weighted by molar-refractivity contribution is 7.90. The summed E-state index contributed by atoms with van der Waals surface area (Å²) in [6.45, 7) is 5.06. The molecule has 0 aliphatic heterocycles. The molecule has 0 saturated heterocycles. The zero-order valence-corrected chi connectivity index (χ0v) is 13.3. The van der Waals surface area contributed by atoms with E-state index in [1.54, 1.807) is 0 Å². The number of hydrogen-bond acceptors (Lipinski definition) is 5. The molecule has 0 heterocycles. The Hall–Kier alpha value is -1.89. The van der Waals surface area contributed by atoms with Crippen LogP contribution in [0.4, 0.5) is 0 Å². The number of amides is 1. The maximum absolute atomic E-state index is 11.7. The van der Waals surface area contributed by atoms with Crippen molar-refractivity contribution in [1.29, 1.82) is 0 Å². The molecule has 0 unspecified atom stereocenters. The first kappa shape index (κ1) is 17.2. The standard InChI is InChI=1S/C14H19NO5S/c1-14(2,3)15-12(16)9-20-13(17)10-5-7-11(8-6-10)21(4,18)19/h5-8H,9H2,1-4H3,(H,15,16). The van der Waals surface area contributed by atoms with Gasteiger partial charge in [0.25, 0.3) is 5.91 Å². The van der Waals surface area contributed by atoms with E-state index in [1.807, 2.05) is 20.8 Å². The highest BCUT2D eigenvalue weighted by Gasteiger charge is 2.16. The van der Waals surface area contributed by atoms with Gasteiger partial charge in [-0.15, -0.1) is 0 Å². The van der Waals surface area contributed by atoms with Crippen molar-refractivity contribution in [3.8, 4) is 0 Å². The molecule has 7 heteroatoms. The van der Waals surface area contributed by atoms with Gasteiger partial charge in [0.15, 0.2) is 16.4 Å². The molecule has 0 bridgehead atoms. The Kier molecular flexibility index (Phi) is 5.11.